The summed E-state index contributed by atoms with van der Waals surface area (Å²) in [5.74, 6) is -0.529. The van der Waals surface area contributed by atoms with Crippen LogP contribution in [0.1, 0.15) is 11.3 Å². The van der Waals surface area contributed by atoms with E-state index in [9.17, 15) is 17.6 Å². The first kappa shape index (κ1) is 18.8. The summed E-state index contributed by atoms with van der Waals surface area (Å²) in [6.07, 6.45) is 7.48. The van der Waals surface area contributed by atoms with Crippen LogP contribution in [0.25, 0.3) is 17.5 Å². The Morgan fingerprint density at radius 3 is 2.59 bits per heavy atom. The van der Waals surface area contributed by atoms with E-state index in [4.69, 9.17) is 4.42 Å². The van der Waals surface area contributed by atoms with Crippen LogP contribution in [-0.4, -0.2) is 13.4 Å². The third-order valence-electron chi connectivity index (χ3n) is 4.30. The van der Waals surface area contributed by atoms with Gasteiger partial charge in [-0.1, -0.05) is 30.4 Å². The maximum atomic E-state index is 13.1. The van der Waals surface area contributed by atoms with E-state index in [1.807, 2.05) is 12.2 Å². The van der Waals surface area contributed by atoms with Crippen molar-refractivity contribution in [3.63, 3.8) is 0 Å². The molecule has 8 heteroatoms. The molecule has 1 aromatic heterocycles. The van der Waals surface area contributed by atoms with Gasteiger partial charge in [-0.05, 0) is 42.5 Å². The minimum Gasteiger partial charge on any atom is -0.403 e. The number of halogens is 1. The summed E-state index contributed by atoms with van der Waals surface area (Å²) in [7, 11) is -3.98. The van der Waals surface area contributed by atoms with Gasteiger partial charge in [0.15, 0.2) is 0 Å². The van der Waals surface area contributed by atoms with Crippen molar-refractivity contribution in [2.24, 2.45) is 0 Å². The summed E-state index contributed by atoms with van der Waals surface area (Å²) in [5, 5.41) is 0. The fraction of sp³-hybridized carbons (Fsp3) is 0.0476. The lowest BCUT2D eigenvalue weighted by Gasteiger charge is -2.12. The van der Waals surface area contributed by atoms with Gasteiger partial charge in [-0.15, -0.1) is 0 Å². The van der Waals surface area contributed by atoms with Crippen LogP contribution >= 0.6 is 0 Å². The number of nitrogens with one attached hydrogen (secondary N) is 1. The molecule has 146 valence electrons. The van der Waals surface area contributed by atoms with Crippen molar-refractivity contribution in [2.45, 2.75) is 11.3 Å². The number of sulfonamides is 1. The Bertz CT molecular complexity index is 1290. The van der Waals surface area contributed by atoms with Crippen LogP contribution in [0.3, 0.4) is 0 Å². The quantitative estimate of drug-likeness (QED) is 0.707. The average molecular weight is 410 g/mol. The molecule has 0 amide bonds. The van der Waals surface area contributed by atoms with Gasteiger partial charge in [-0.25, -0.2) is 22.6 Å². The summed E-state index contributed by atoms with van der Waals surface area (Å²) in [4.78, 5) is 16.7. The maximum Gasteiger partial charge on any atom is 0.346 e. The van der Waals surface area contributed by atoms with Gasteiger partial charge in [0.05, 0.1) is 27.4 Å². The number of hydrogen-bond acceptors (Lipinski definition) is 5. The largest absolute Gasteiger partial charge is 0.403 e. The van der Waals surface area contributed by atoms with E-state index in [0.717, 1.165) is 12.1 Å². The van der Waals surface area contributed by atoms with Gasteiger partial charge in [-0.2, -0.15) is 0 Å². The number of hydrogen-bond donors (Lipinski definition) is 1. The minimum absolute atomic E-state index is 0.00913. The van der Waals surface area contributed by atoms with E-state index in [2.05, 4.69) is 9.71 Å². The van der Waals surface area contributed by atoms with Crippen LogP contribution in [0.2, 0.25) is 0 Å². The van der Waals surface area contributed by atoms with Crippen LogP contribution in [0.5, 0.6) is 0 Å². The number of aromatic nitrogens is 1. The zero-order valence-corrected chi connectivity index (χ0v) is 15.8. The van der Waals surface area contributed by atoms with E-state index in [1.54, 1.807) is 30.4 Å². The van der Waals surface area contributed by atoms with Gasteiger partial charge in [0.1, 0.15) is 5.82 Å². The molecule has 0 spiro atoms. The predicted molar refractivity (Wildman–Crippen MR) is 107 cm³/mol. The topological polar surface area (TPSA) is 89.3 Å². The molecule has 1 aliphatic carbocycles. The Morgan fingerprint density at radius 2 is 1.79 bits per heavy atom. The Kier molecular flexibility index (Phi) is 4.85. The van der Waals surface area contributed by atoms with Gasteiger partial charge in [0.25, 0.3) is 10.0 Å². The summed E-state index contributed by atoms with van der Waals surface area (Å²) in [6.45, 7) is 0. The lowest BCUT2D eigenvalue weighted by Crippen LogP contribution is -2.15. The molecule has 0 aliphatic heterocycles. The van der Waals surface area contributed by atoms with E-state index in [0.29, 0.717) is 23.2 Å². The molecule has 1 heterocycles. The smallest absolute Gasteiger partial charge is 0.346 e. The van der Waals surface area contributed by atoms with Crippen molar-refractivity contribution in [3.8, 4) is 11.5 Å². The first-order valence-electron chi connectivity index (χ1n) is 8.69. The molecule has 0 radical (unpaired) electrons. The highest BCUT2D eigenvalue weighted by molar-refractivity contribution is 7.92. The van der Waals surface area contributed by atoms with Gasteiger partial charge < -0.3 is 4.42 Å². The van der Waals surface area contributed by atoms with E-state index in [1.165, 1.54) is 18.2 Å². The first-order valence-corrected chi connectivity index (χ1v) is 10.2. The molecule has 29 heavy (non-hydrogen) atoms. The van der Waals surface area contributed by atoms with Crippen LogP contribution in [0.15, 0.2) is 80.9 Å². The number of benzene rings is 2. The summed E-state index contributed by atoms with van der Waals surface area (Å²) < 4.78 is 46.3. The molecular formula is C21H15FN2O4S. The second-order valence-electron chi connectivity index (χ2n) is 6.26. The van der Waals surface area contributed by atoms with Gasteiger partial charge in [-0.3, -0.25) is 4.72 Å². The van der Waals surface area contributed by atoms with Crippen molar-refractivity contribution < 1.29 is 17.2 Å². The molecule has 0 unspecified atom stereocenters. The van der Waals surface area contributed by atoms with E-state index in [-0.39, 0.29) is 16.5 Å². The fourth-order valence-electron chi connectivity index (χ4n) is 2.89. The van der Waals surface area contributed by atoms with Crippen LogP contribution in [0.4, 0.5) is 10.1 Å². The maximum absolute atomic E-state index is 13.1. The van der Waals surface area contributed by atoms with Crippen molar-refractivity contribution >= 4 is 21.8 Å². The number of allylic oxidation sites excluding steroid dienone is 3. The predicted octanol–water partition coefficient (Wildman–Crippen LogP) is 3.77. The molecule has 0 atom stereocenters. The second-order valence-corrected chi connectivity index (χ2v) is 7.95. The number of fused-ring (bicyclic) bond motifs is 1. The molecule has 0 saturated carbocycles. The van der Waals surface area contributed by atoms with E-state index < -0.39 is 21.5 Å². The minimum atomic E-state index is -3.98. The zero-order valence-electron chi connectivity index (χ0n) is 15.0. The Hall–Kier alpha value is -3.52. The van der Waals surface area contributed by atoms with Crippen molar-refractivity contribution in [2.75, 3.05) is 4.72 Å². The highest BCUT2D eigenvalue weighted by Gasteiger charge is 2.20. The highest BCUT2D eigenvalue weighted by Crippen LogP contribution is 2.29. The number of rotatable bonds is 4. The van der Waals surface area contributed by atoms with Gasteiger partial charge >= 0.3 is 5.63 Å². The highest BCUT2D eigenvalue weighted by atomic mass is 32.2. The molecule has 4 rings (SSSR count). The molecule has 2 aromatic carbocycles. The third kappa shape index (κ3) is 3.88. The van der Waals surface area contributed by atoms with Crippen LogP contribution in [-0.2, 0) is 16.4 Å². The molecular weight excluding hydrogens is 395 g/mol. The third-order valence-corrected chi connectivity index (χ3v) is 5.69. The molecule has 1 aliphatic rings. The van der Waals surface area contributed by atoms with Crippen LogP contribution in [0, 0.1) is 5.82 Å². The van der Waals surface area contributed by atoms with Gasteiger partial charge in [0, 0.05) is 6.42 Å². The second kappa shape index (κ2) is 7.48. The Morgan fingerprint density at radius 1 is 1.03 bits per heavy atom. The van der Waals surface area contributed by atoms with Crippen molar-refractivity contribution in [3.05, 3.63) is 94.3 Å². The monoisotopic (exact) mass is 410 g/mol. The van der Waals surface area contributed by atoms with Crippen molar-refractivity contribution in [1.82, 2.24) is 4.98 Å². The SMILES string of the molecule is O=c1oc(-c2ccccc2NS(=O)(=O)c2ccc(F)cc2)nc2c1C=CC=CC2. The van der Waals surface area contributed by atoms with E-state index >= 15 is 0 Å². The Balaban J connectivity index is 1.77. The zero-order chi connectivity index (χ0) is 20.4. The van der Waals surface area contributed by atoms with Gasteiger partial charge in [0.2, 0.25) is 5.89 Å². The summed E-state index contributed by atoms with van der Waals surface area (Å²) in [6, 6.07) is 10.9. The fourth-order valence-corrected chi connectivity index (χ4v) is 3.97. The Labute approximate surface area is 166 Å². The molecule has 3 aromatic rings. The molecule has 0 bridgehead atoms. The molecule has 6 nitrogen and oxygen atoms in total. The summed E-state index contributed by atoms with van der Waals surface area (Å²) >= 11 is 0. The van der Waals surface area contributed by atoms with Crippen molar-refractivity contribution in [1.29, 1.82) is 0 Å². The lowest BCUT2D eigenvalue weighted by molar-refractivity contribution is 0.502. The normalized spacial score (nSPS) is 13.0. The number of anilines is 1. The molecule has 1 N–H and O–H groups in total. The lowest BCUT2D eigenvalue weighted by atomic mass is 10.1. The average Bonchev–Trinajstić information content (AvgIpc) is 2.94. The molecule has 0 saturated heterocycles. The standard InChI is InChI=1S/C21H15FN2O4S/c22-14-10-12-15(13-11-14)29(26,27)24-19-9-5-4-6-16(19)20-23-18-8-3-1-2-7-17(18)21(25)28-20/h1-7,9-13,24H,8H2. The molecule has 0 fully saturated rings. The number of para-hydroxylation sites is 1. The van der Waals surface area contributed by atoms with Crippen LogP contribution < -0.4 is 10.3 Å². The number of nitrogens with zero attached hydrogens (tertiary/aromatic N) is 1. The summed E-state index contributed by atoms with van der Waals surface area (Å²) in [5.41, 5.74) is 0.851. The first-order chi connectivity index (χ1) is 13.9.